The van der Waals surface area contributed by atoms with Crippen LogP contribution in [0.15, 0.2) is 16.9 Å². The monoisotopic (exact) mass is 399 g/mol. The van der Waals surface area contributed by atoms with Crippen LogP contribution in [0.2, 0.25) is 15.1 Å². The van der Waals surface area contributed by atoms with Crippen molar-refractivity contribution in [3.05, 3.63) is 53.6 Å². The normalized spacial score (nSPS) is 14.1. The number of fused-ring (bicyclic) bond motifs is 3. The Morgan fingerprint density at radius 2 is 1.83 bits per heavy atom. The summed E-state index contributed by atoms with van der Waals surface area (Å²) in [7, 11) is 0. The zero-order valence-corrected chi connectivity index (χ0v) is 15.6. The Morgan fingerprint density at radius 1 is 1.12 bits per heavy atom. The average molecular weight is 401 g/mol. The van der Waals surface area contributed by atoms with E-state index in [9.17, 15) is 4.79 Å². The van der Waals surface area contributed by atoms with Gasteiger partial charge in [-0.25, -0.2) is 4.68 Å². The molecule has 2 aromatic heterocycles. The molecule has 4 nitrogen and oxygen atoms in total. The van der Waals surface area contributed by atoms with Crippen LogP contribution in [-0.4, -0.2) is 15.0 Å². The van der Waals surface area contributed by atoms with Crippen LogP contribution >= 0.6 is 46.1 Å². The van der Waals surface area contributed by atoms with E-state index in [4.69, 9.17) is 34.8 Å². The summed E-state index contributed by atoms with van der Waals surface area (Å²) in [6.07, 6.45) is 4.22. The molecule has 0 spiro atoms. The predicted molar refractivity (Wildman–Crippen MR) is 98.9 cm³/mol. The van der Waals surface area contributed by atoms with E-state index < -0.39 is 0 Å². The van der Waals surface area contributed by atoms with E-state index >= 15 is 0 Å². The quantitative estimate of drug-likeness (QED) is 0.624. The Hall–Kier alpha value is -1.14. The van der Waals surface area contributed by atoms with Crippen LogP contribution in [0.1, 0.15) is 28.8 Å². The number of thiophene rings is 1. The third-order valence-electron chi connectivity index (χ3n) is 4.26. The molecular weight excluding hydrogens is 389 g/mol. The van der Waals surface area contributed by atoms with Gasteiger partial charge in [0.1, 0.15) is 0 Å². The van der Waals surface area contributed by atoms with Crippen LogP contribution in [0.5, 0.6) is 0 Å². The summed E-state index contributed by atoms with van der Waals surface area (Å²) in [5.41, 5.74) is 1.62. The molecule has 8 heteroatoms. The van der Waals surface area contributed by atoms with Crippen molar-refractivity contribution in [1.82, 2.24) is 15.0 Å². The summed E-state index contributed by atoms with van der Waals surface area (Å²) >= 11 is 20.0. The molecule has 0 fully saturated rings. The number of aromatic nitrogens is 3. The smallest absolute Gasteiger partial charge is 0.267 e. The number of benzene rings is 1. The number of halogens is 3. The standard InChI is InChI=1S/C16H12Cl3N3OS/c17-8-5-11(18)10(12(19)6-8)7-22-16(23)14-9-3-1-2-4-13(9)24-15(14)20-21-22/h5-6H,1-4,7H2. The van der Waals surface area contributed by atoms with Crippen LogP contribution in [0.3, 0.4) is 0 Å². The highest BCUT2D eigenvalue weighted by Gasteiger charge is 2.21. The van der Waals surface area contributed by atoms with Crippen molar-refractivity contribution in [3.63, 3.8) is 0 Å². The van der Waals surface area contributed by atoms with Crippen molar-refractivity contribution in [1.29, 1.82) is 0 Å². The zero-order chi connectivity index (χ0) is 16.8. The molecule has 0 amide bonds. The second-order valence-corrected chi connectivity index (χ2v) is 8.13. The van der Waals surface area contributed by atoms with Crippen LogP contribution in [0.25, 0.3) is 10.2 Å². The van der Waals surface area contributed by atoms with Gasteiger partial charge in [-0.3, -0.25) is 4.79 Å². The lowest BCUT2D eigenvalue weighted by atomic mass is 9.97. The van der Waals surface area contributed by atoms with Gasteiger partial charge in [0.25, 0.3) is 5.56 Å². The highest BCUT2D eigenvalue weighted by molar-refractivity contribution is 7.18. The SMILES string of the molecule is O=c1c2c3c(sc2nnn1Cc1c(Cl)cc(Cl)cc1Cl)CCCC3. The first kappa shape index (κ1) is 16.3. The van der Waals surface area contributed by atoms with E-state index in [0.717, 1.165) is 36.1 Å². The summed E-state index contributed by atoms with van der Waals surface area (Å²) in [5, 5.41) is 10.3. The molecule has 24 heavy (non-hydrogen) atoms. The maximum Gasteiger partial charge on any atom is 0.279 e. The third kappa shape index (κ3) is 2.73. The number of rotatable bonds is 2. The van der Waals surface area contributed by atoms with Crippen LogP contribution in [-0.2, 0) is 19.4 Å². The Kier molecular flexibility index (Phi) is 4.29. The molecule has 1 aliphatic rings. The van der Waals surface area contributed by atoms with Crippen LogP contribution in [0, 0.1) is 0 Å². The largest absolute Gasteiger partial charge is 0.279 e. The molecular formula is C16H12Cl3N3OS. The predicted octanol–water partition coefficient (Wildman–Crippen LogP) is 4.74. The summed E-state index contributed by atoms with van der Waals surface area (Å²) in [6, 6.07) is 3.21. The molecule has 1 aliphatic carbocycles. The van der Waals surface area contributed by atoms with E-state index in [1.165, 1.54) is 9.56 Å². The topological polar surface area (TPSA) is 47.8 Å². The highest BCUT2D eigenvalue weighted by atomic mass is 35.5. The van der Waals surface area contributed by atoms with E-state index in [-0.39, 0.29) is 12.1 Å². The van der Waals surface area contributed by atoms with Gasteiger partial charge in [0, 0.05) is 25.5 Å². The van der Waals surface area contributed by atoms with Gasteiger partial charge in [-0.05, 0) is 43.4 Å². The summed E-state index contributed by atoms with van der Waals surface area (Å²) in [6.45, 7) is 0.168. The highest BCUT2D eigenvalue weighted by Crippen LogP contribution is 2.33. The first-order chi connectivity index (χ1) is 11.5. The fraction of sp³-hybridized carbons (Fsp3) is 0.312. The maximum absolute atomic E-state index is 12.9. The van der Waals surface area contributed by atoms with E-state index in [2.05, 4.69) is 10.3 Å². The van der Waals surface area contributed by atoms with E-state index in [0.29, 0.717) is 26.0 Å². The molecule has 0 saturated carbocycles. The number of nitrogens with zero attached hydrogens (tertiary/aromatic N) is 3. The van der Waals surface area contributed by atoms with Crippen molar-refractivity contribution in [3.8, 4) is 0 Å². The molecule has 124 valence electrons. The van der Waals surface area contributed by atoms with E-state index in [1.54, 1.807) is 23.5 Å². The van der Waals surface area contributed by atoms with Gasteiger partial charge in [-0.2, -0.15) is 0 Å². The number of hydrogen-bond acceptors (Lipinski definition) is 4. The first-order valence-corrected chi connectivity index (χ1v) is 9.51. The van der Waals surface area contributed by atoms with Crippen molar-refractivity contribution >= 4 is 56.4 Å². The molecule has 0 atom stereocenters. The van der Waals surface area contributed by atoms with Gasteiger partial charge in [-0.15, -0.1) is 16.4 Å². The van der Waals surface area contributed by atoms with Gasteiger partial charge in [0.15, 0.2) is 4.83 Å². The minimum Gasteiger partial charge on any atom is -0.267 e. The fourth-order valence-corrected chi connectivity index (χ4v) is 5.22. The van der Waals surface area contributed by atoms with Crippen molar-refractivity contribution in [2.75, 3.05) is 0 Å². The van der Waals surface area contributed by atoms with Gasteiger partial charge in [-0.1, -0.05) is 40.0 Å². The third-order valence-corrected chi connectivity index (χ3v) is 6.33. The molecule has 0 bridgehead atoms. The Labute approximate surface area is 157 Å². The molecule has 0 N–H and O–H groups in total. The van der Waals surface area contributed by atoms with Crippen LogP contribution in [0.4, 0.5) is 0 Å². The Balaban J connectivity index is 1.84. The van der Waals surface area contributed by atoms with Gasteiger partial charge >= 0.3 is 0 Å². The van der Waals surface area contributed by atoms with Gasteiger partial charge in [0.2, 0.25) is 0 Å². The molecule has 4 rings (SSSR count). The molecule has 0 unspecified atom stereocenters. The molecule has 2 heterocycles. The second-order valence-electron chi connectivity index (χ2n) is 5.79. The number of hydrogen-bond donors (Lipinski definition) is 0. The average Bonchev–Trinajstić information content (AvgIpc) is 2.92. The molecule has 3 aromatic rings. The lowest BCUT2D eigenvalue weighted by Gasteiger charge is -2.11. The summed E-state index contributed by atoms with van der Waals surface area (Å²) in [5.74, 6) is 0. The molecule has 0 radical (unpaired) electrons. The van der Waals surface area contributed by atoms with Crippen molar-refractivity contribution in [2.45, 2.75) is 32.2 Å². The van der Waals surface area contributed by atoms with Crippen LogP contribution < -0.4 is 5.56 Å². The second kappa shape index (κ2) is 6.30. The lowest BCUT2D eigenvalue weighted by molar-refractivity contribution is 0.601. The molecule has 0 saturated heterocycles. The fourth-order valence-electron chi connectivity index (χ4n) is 3.08. The van der Waals surface area contributed by atoms with E-state index in [1.807, 2.05) is 0 Å². The van der Waals surface area contributed by atoms with Gasteiger partial charge in [0.05, 0.1) is 11.9 Å². The van der Waals surface area contributed by atoms with Gasteiger partial charge < -0.3 is 0 Å². The molecule has 0 aliphatic heterocycles. The Bertz CT molecular complexity index is 989. The van der Waals surface area contributed by atoms with Crippen molar-refractivity contribution < 1.29 is 0 Å². The first-order valence-electron chi connectivity index (χ1n) is 7.56. The Morgan fingerprint density at radius 3 is 2.58 bits per heavy atom. The maximum atomic E-state index is 12.9. The van der Waals surface area contributed by atoms with Crippen molar-refractivity contribution in [2.24, 2.45) is 0 Å². The minimum absolute atomic E-state index is 0.138. The molecule has 1 aromatic carbocycles. The number of aryl methyl sites for hydroxylation is 2. The minimum atomic E-state index is -0.138. The summed E-state index contributed by atoms with van der Waals surface area (Å²) in [4.78, 5) is 14.9. The summed E-state index contributed by atoms with van der Waals surface area (Å²) < 4.78 is 1.32. The zero-order valence-electron chi connectivity index (χ0n) is 12.5. The lowest BCUT2D eigenvalue weighted by Crippen LogP contribution is -2.25.